The molecule has 0 amide bonds. The van der Waals surface area contributed by atoms with Gasteiger partial charge < -0.3 is 4.74 Å². The fourth-order valence-corrected chi connectivity index (χ4v) is 4.46. The maximum atomic E-state index is 14.3. The molecule has 0 aromatic heterocycles. The zero-order valence-electron chi connectivity index (χ0n) is 15.5. The fourth-order valence-electron chi connectivity index (χ4n) is 3.57. The molecule has 144 valence electrons. The summed E-state index contributed by atoms with van der Waals surface area (Å²) in [5.41, 5.74) is 3.62. The average molecular weight is 398 g/mol. The first-order valence-electron chi connectivity index (χ1n) is 8.85. The Hall–Kier alpha value is -2.70. The molecule has 6 heteroatoms. The smallest absolute Gasteiger partial charge is 0.297 e. The normalized spacial score (nSPS) is 15.9. The van der Waals surface area contributed by atoms with Crippen LogP contribution in [0.25, 0.3) is 11.1 Å². The monoisotopic (exact) mass is 398 g/mol. The summed E-state index contributed by atoms with van der Waals surface area (Å²) in [5, 5.41) is 0. The Kier molecular flexibility index (Phi) is 4.69. The van der Waals surface area contributed by atoms with E-state index >= 15 is 0 Å². The van der Waals surface area contributed by atoms with Crippen molar-refractivity contribution in [1.29, 1.82) is 0 Å². The Morgan fingerprint density at radius 3 is 2.54 bits per heavy atom. The zero-order chi connectivity index (χ0) is 19.9. The van der Waals surface area contributed by atoms with E-state index in [1.165, 1.54) is 18.2 Å². The quantitative estimate of drug-likeness (QED) is 0.592. The first-order chi connectivity index (χ1) is 13.4. The van der Waals surface area contributed by atoms with Crippen LogP contribution in [0, 0.1) is 12.7 Å². The molecule has 0 saturated carbocycles. The first kappa shape index (κ1) is 18.7. The molecule has 1 unspecified atom stereocenters. The van der Waals surface area contributed by atoms with Crippen molar-refractivity contribution in [3.05, 3.63) is 83.2 Å². The van der Waals surface area contributed by atoms with E-state index in [1.807, 2.05) is 37.3 Å². The molecule has 3 aromatic carbocycles. The van der Waals surface area contributed by atoms with Crippen molar-refractivity contribution in [3.8, 4) is 16.9 Å². The third-order valence-corrected chi connectivity index (χ3v) is 6.23. The predicted octanol–water partition coefficient (Wildman–Crippen LogP) is 4.81. The summed E-state index contributed by atoms with van der Waals surface area (Å²) in [6, 6.07) is 17.3. The van der Waals surface area contributed by atoms with Gasteiger partial charge in [-0.2, -0.15) is 8.42 Å². The number of aryl methyl sites for hydroxylation is 1. The molecule has 28 heavy (non-hydrogen) atoms. The topological polar surface area (TPSA) is 52.6 Å². The van der Waals surface area contributed by atoms with E-state index in [0.717, 1.165) is 18.2 Å². The number of halogens is 1. The standard InChI is InChI=1S/C22H19FO4S/c1-14-8-9-21(28(24,25)26-2)19(10-14)20-12-16-11-17(23)13-18(22(16)27-20)15-6-4-3-5-7-15/h3-11,13,20H,12H2,1-2H3. The van der Waals surface area contributed by atoms with Gasteiger partial charge in [0.05, 0.1) is 7.11 Å². The van der Waals surface area contributed by atoms with Gasteiger partial charge in [-0.05, 0) is 30.7 Å². The van der Waals surface area contributed by atoms with Crippen molar-refractivity contribution in [3.63, 3.8) is 0 Å². The van der Waals surface area contributed by atoms with Crippen LogP contribution in [0.15, 0.2) is 65.6 Å². The molecule has 0 aliphatic carbocycles. The maximum absolute atomic E-state index is 14.3. The predicted molar refractivity (Wildman–Crippen MR) is 104 cm³/mol. The molecule has 0 bridgehead atoms. The number of ether oxygens (including phenoxy) is 1. The van der Waals surface area contributed by atoms with Gasteiger partial charge in [-0.3, -0.25) is 4.18 Å². The SMILES string of the molecule is COS(=O)(=O)c1ccc(C)cc1C1Cc2cc(F)cc(-c3ccccc3)c2O1. The lowest BCUT2D eigenvalue weighted by atomic mass is 9.98. The molecule has 1 atom stereocenters. The minimum absolute atomic E-state index is 0.0696. The highest BCUT2D eigenvalue weighted by atomic mass is 32.2. The summed E-state index contributed by atoms with van der Waals surface area (Å²) in [7, 11) is -2.76. The van der Waals surface area contributed by atoms with Gasteiger partial charge in [0, 0.05) is 23.1 Å². The number of hydrogen-bond acceptors (Lipinski definition) is 4. The van der Waals surface area contributed by atoms with Crippen LogP contribution in [0.4, 0.5) is 4.39 Å². The molecule has 3 aromatic rings. The molecule has 1 aliphatic rings. The minimum atomic E-state index is -3.89. The fraction of sp³-hybridized carbons (Fsp3) is 0.182. The van der Waals surface area contributed by atoms with Crippen molar-refractivity contribution < 1.29 is 21.7 Å². The lowest BCUT2D eigenvalue weighted by molar-refractivity contribution is 0.235. The molecular formula is C22H19FO4S. The summed E-state index contributed by atoms with van der Waals surface area (Å²) in [5.74, 6) is 0.232. The molecular weight excluding hydrogens is 379 g/mol. The van der Waals surface area contributed by atoms with Gasteiger partial charge in [-0.15, -0.1) is 0 Å². The largest absolute Gasteiger partial charge is 0.484 e. The van der Waals surface area contributed by atoms with E-state index in [9.17, 15) is 12.8 Å². The summed E-state index contributed by atoms with van der Waals surface area (Å²) in [4.78, 5) is 0.0696. The lowest BCUT2D eigenvalue weighted by Crippen LogP contribution is -2.12. The van der Waals surface area contributed by atoms with Gasteiger partial charge in [0.2, 0.25) is 0 Å². The number of fused-ring (bicyclic) bond motifs is 1. The van der Waals surface area contributed by atoms with Crippen molar-refractivity contribution >= 4 is 10.1 Å². The van der Waals surface area contributed by atoms with Gasteiger partial charge in [-0.1, -0.05) is 48.0 Å². The van der Waals surface area contributed by atoms with Gasteiger partial charge >= 0.3 is 0 Å². The van der Waals surface area contributed by atoms with E-state index in [-0.39, 0.29) is 10.7 Å². The van der Waals surface area contributed by atoms with E-state index in [4.69, 9.17) is 8.92 Å². The van der Waals surface area contributed by atoms with Gasteiger partial charge in [0.1, 0.15) is 22.6 Å². The number of hydrogen-bond donors (Lipinski definition) is 0. The second-order valence-electron chi connectivity index (χ2n) is 6.78. The van der Waals surface area contributed by atoms with Crippen LogP contribution in [0.5, 0.6) is 5.75 Å². The van der Waals surface area contributed by atoms with Crippen LogP contribution >= 0.6 is 0 Å². The van der Waals surface area contributed by atoms with Crippen molar-refractivity contribution in [2.75, 3.05) is 7.11 Å². The molecule has 4 nitrogen and oxygen atoms in total. The Labute approximate surface area is 163 Å². The van der Waals surface area contributed by atoms with Gasteiger partial charge in [0.25, 0.3) is 10.1 Å². The second kappa shape index (κ2) is 7.04. The first-order valence-corrected chi connectivity index (χ1v) is 10.3. The van der Waals surface area contributed by atoms with Crippen LogP contribution in [0.1, 0.15) is 22.8 Å². The number of benzene rings is 3. The average Bonchev–Trinajstić information content (AvgIpc) is 3.11. The highest BCUT2D eigenvalue weighted by Crippen LogP contribution is 2.45. The molecule has 0 saturated heterocycles. The van der Waals surface area contributed by atoms with Crippen molar-refractivity contribution in [1.82, 2.24) is 0 Å². The summed E-state index contributed by atoms with van der Waals surface area (Å²) >= 11 is 0. The Morgan fingerprint density at radius 1 is 1.07 bits per heavy atom. The van der Waals surface area contributed by atoms with Crippen LogP contribution in [-0.4, -0.2) is 15.5 Å². The summed E-state index contributed by atoms with van der Waals surface area (Å²) in [6.45, 7) is 1.88. The molecule has 0 fully saturated rings. The molecule has 0 radical (unpaired) electrons. The molecule has 0 N–H and O–H groups in total. The maximum Gasteiger partial charge on any atom is 0.297 e. The number of rotatable bonds is 4. The Bertz CT molecular complexity index is 1140. The highest BCUT2D eigenvalue weighted by Gasteiger charge is 2.32. The van der Waals surface area contributed by atoms with E-state index < -0.39 is 16.2 Å². The van der Waals surface area contributed by atoms with E-state index in [0.29, 0.717) is 28.9 Å². The minimum Gasteiger partial charge on any atom is -0.484 e. The summed E-state index contributed by atoms with van der Waals surface area (Å²) < 4.78 is 49.9. The Morgan fingerprint density at radius 2 is 1.82 bits per heavy atom. The van der Waals surface area contributed by atoms with Crippen LogP contribution in [0.2, 0.25) is 0 Å². The Balaban J connectivity index is 1.81. The second-order valence-corrected chi connectivity index (χ2v) is 8.46. The van der Waals surface area contributed by atoms with Crippen molar-refractivity contribution in [2.24, 2.45) is 0 Å². The van der Waals surface area contributed by atoms with Gasteiger partial charge in [-0.25, -0.2) is 4.39 Å². The van der Waals surface area contributed by atoms with Crippen LogP contribution in [0.3, 0.4) is 0 Å². The molecule has 1 heterocycles. The third-order valence-electron chi connectivity index (χ3n) is 4.88. The summed E-state index contributed by atoms with van der Waals surface area (Å²) in [6.07, 6.45) is -0.165. The van der Waals surface area contributed by atoms with Gasteiger partial charge in [0.15, 0.2) is 0 Å². The lowest BCUT2D eigenvalue weighted by Gasteiger charge is -2.17. The zero-order valence-corrected chi connectivity index (χ0v) is 16.3. The van der Waals surface area contributed by atoms with Crippen LogP contribution in [-0.2, 0) is 20.7 Å². The molecule has 1 aliphatic heterocycles. The van der Waals surface area contributed by atoms with Crippen molar-refractivity contribution in [2.45, 2.75) is 24.3 Å². The van der Waals surface area contributed by atoms with Crippen LogP contribution < -0.4 is 4.74 Å². The molecule has 0 spiro atoms. The van der Waals surface area contributed by atoms with E-state index in [2.05, 4.69) is 0 Å². The van der Waals surface area contributed by atoms with E-state index in [1.54, 1.807) is 12.1 Å². The third kappa shape index (κ3) is 3.30. The highest BCUT2D eigenvalue weighted by molar-refractivity contribution is 7.86. The molecule has 4 rings (SSSR count).